The fraction of sp³-hybridized carbons (Fsp3) is 0.632. The Labute approximate surface area is 140 Å². The van der Waals surface area contributed by atoms with Crippen LogP contribution in [0.4, 0.5) is 0 Å². The smallest absolute Gasteiger partial charge is 0.225 e. The zero-order valence-electron chi connectivity index (χ0n) is 14.8. The molecule has 0 saturated carbocycles. The molecule has 1 aromatic rings. The summed E-state index contributed by atoms with van der Waals surface area (Å²) in [5.74, 6) is 1.61. The van der Waals surface area contributed by atoms with Crippen molar-refractivity contribution in [1.82, 2.24) is 10.6 Å². The molecule has 1 unspecified atom stereocenters. The first-order valence-electron chi connectivity index (χ1n) is 8.64. The standard InChI is InChI=1S/C19H30N2O2/c1-14(2)13-23-17-9-7-16(8-10-17)19(3,4)21-18(22)15-6-5-11-20-12-15/h7-10,14-15,20H,5-6,11-13H2,1-4H3,(H,21,22). The molecular formula is C19H30N2O2. The van der Waals surface area contributed by atoms with Crippen molar-refractivity contribution >= 4 is 5.91 Å². The van der Waals surface area contributed by atoms with E-state index in [0.717, 1.165) is 37.2 Å². The van der Waals surface area contributed by atoms with Gasteiger partial charge < -0.3 is 15.4 Å². The van der Waals surface area contributed by atoms with Gasteiger partial charge in [0.25, 0.3) is 0 Å². The molecule has 0 aromatic heterocycles. The molecule has 1 heterocycles. The molecule has 4 heteroatoms. The summed E-state index contributed by atoms with van der Waals surface area (Å²) in [6, 6.07) is 8.03. The fourth-order valence-electron chi connectivity index (χ4n) is 2.79. The van der Waals surface area contributed by atoms with Gasteiger partial charge in [0.15, 0.2) is 0 Å². The lowest BCUT2D eigenvalue weighted by Gasteiger charge is -2.31. The van der Waals surface area contributed by atoms with Gasteiger partial charge in [-0.05, 0) is 56.8 Å². The number of rotatable bonds is 6. The van der Waals surface area contributed by atoms with E-state index in [0.29, 0.717) is 12.5 Å². The highest BCUT2D eigenvalue weighted by Crippen LogP contribution is 2.24. The summed E-state index contributed by atoms with van der Waals surface area (Å²) in [4.78, 5) is 12.5. The normalized spacial score (nSPS) is 18.7. The van der Waals surface area contributed by atoms with Crippen LogP contribution in [0.1, 0.15) is 46.1 Å². The van der Waals surface area contributed by atoms with Gasteiger partial charge >= 0.3 is 0 Å². The van der Waals surface area contributed by atoms with Crippen molar-refractivity contribution in [2.24, 2.45) is 11.8 Å². The third-order valence-corrected chi connectivity index (χ3v) is 4.26. The summed E-state index contributed by atoms with van der Waals surface area (Å²) in [6.45, 7) is 10.9. The van der Waals surface area contributed by atoms with E-state index in [1.54, 1.807) is 0 Å². The summed E-state index contributed by atoms with van der Waals surface area (Å²) in [6.07, 6.45) is 2.04. The van der Waals surface area contributed by atoms with Crippen LogP contribution in [0.3, 0.4) is 0 Å². The van der Waals surface area contributed by atoms with Crippen molar-refractivity contribution in [2.75, 3.05) is 19.7 Å². The molecule has 1 atom stereocenters. The van der Waals surface area contributed by atoms with Crippen molar-refractivity contribution in [3.05, 3.63) is 29.8 Å². The van der Waals surface area contributed by atoms with Crippen molar-refractivity contribution < 1.29 is 9.53 Å². The average Bonchev–Trinajstić information content (AvgIpc) is 2.53. The number of carbonyl (C=O) groups is 1. The molecule has 128 valence electrons. The Bertz CT molecular complexity index is 503. The van der Waals surface area contributed by atoms with E-state index >= 15 is 0 Å². The van der Waals surface area contributed by atoms with E-state index in [2.05, 4.69) is 24.5 Å². The maximum atomic E-state index is 12.5. The first-order valence-corrected chi connectivity index (χ1v) is 8.64. The lowest BCUT2D eigenvalue weighted by molar-refractivity contribution is -0.127. The van der Waals surface area contributed by atoms with Gasteiger partial charge in [0.1, 0.15) is 5.75 Å². The Morgan fingerprint density at radius 2 is 2.04 bits per heavy atom. The highest BCUT2D eigenvalue weighted by Gasteiger charge is 2.28. The highest BCUT2D eigenvalue weighted by molar-refractivity contribution is 5.80. The number of piperidine rings is 1. The number of ether oxygens (including phenoxy) is 1. The van der Waals surface area contributed by atoms with Gasteiger partial charge in [-0.2, -0.15) is 0 Å². The van der Waals surface area contributed by atoms with Crippen LogP contribution in [0.25, 0.3) is 0 Å². The van der Waals surface area contributed by atoms with Crippen molar-refractivity contribution in [1.29, 1.82) is 0 Å². The van der Waals surface area contributed by atoms with Gasteiger partial charge in [-0.1, -0.05) is 26.0 Å². The molecule has 0 spiro atoms. The lowest BCUT2D eigenvalue weighted by atomic mass is 9.91. The lowest BCUT2D eigenvalue weighted by Crippen LogP contribution is -2.47. The number of benzene rings is 1. The van der Waals surface area contributed by atoms with Gasteiger partial charge in [0.2, 0.25) is 5.91 Å². The maximum Gasteiger partial charge on any atom is 0.225 e. The zero-order valence-corrected chi connectivity index (χ0v) is 14.8. The summed E-state index contributed by atoms with van der Waals surface area (Å²) < 4.78 is 5.72. The second kappa shape index (κ2) is 7.82. The molecule has 1 aliphatic heterocycles. The monoisotopic (exact) mass is 318 g/mol. The van der Waals surface area contributed by atoms with Crippen molar-refractivity contribution in [3.8, 4) is 5.75 Å². The average molecular weight is 318 g/mol. The predicted molar refractivity (Wildman–Crippen MR) is 93.5 cm³/mol. The van der Waals surface area contributed by atoms with Crippen LogP contribution >= 0.6 is 0 Å². The van der Waals surface area contributed by atoms with E-state index in [-0.39, 0.29) is 17.4 Å². The molecular weight excluding hydrogens is 288 g/mol. The largest absolute Gasteiger partial charge is 0.493 e. The molecule has 1 fully saturated rings. The number of nitrogens with one attached hydrogen (secondary N) is 2. The first kappa shape index (κ1) is 17.8. The third-order valence-electron chi connectivity index (χ3n) is 4.26. The number of hydrogen-bond donors (Lipinski definition) is 2. The van der Waals surface area contributed by atoms with Crippen LogP contribution in [0, 0.1) is 11.8 Å². The summed E-state index contributed by atoms with van der Waals surface area (Å²) in [5, 5.41) is 6.49. The third kappa shape index (κ3) is 5.24. The van der Waals surface area contributed by atoms with Crippen LogP contribution in [-0.4, -0.2) is 25.6 Å². The molecule has 0 aliphatic carbocycles. The van der Waals surface area contributed by atoms with E-state index in [4.69, 9.17) is 4.74 Å². The van der Waals surface area contributed by atoms with Crippen LogP contribution < -0.4 is 15.4 Å². The minimum absolute atomic E-state index is 0.0803. The van der Waals surface area contributed by atoms with E-state index in [1.807, 2.05) is 38.1 Å². The Kier molecular flexibility index (Phi) is 6.05. The van der Waals surface area contributed by atoms with Gasteiger partial charge in [0, 0.05) is 6.54 Å². The highest BCUT2D eigenvalue weighted by atomic mass is 16.5. The van der Waals surface area contributed by atoms with Crippen molar-refractivity contribution in [2.45, 2.75) is 46.1 Å². The molecule has 1 aliphatic rings. The molecule has 0 radical (unpaired) electrons. The Hall–Kier alpha value is -1.55. The number of carbonyl (C=O) groups excluding carboxylic acids is 1. The summed E-state index contributed by atoms with van der Waals surface area (Å²) in [5.41, 5.74) is 0.706. The molecule has 0 bridgehead atoms. The topological polar surface area (TPSA) is 50.4 Å². The second-order valence-electron chi connectivity index (χ2n) is 7.39. The number of amides is 1. The quantitative estimate of drug-likeness (QED) is 0.847. The molecule has 4 nitrogen and oxygen atoms in total. The predicted octanol–water partition coefficient (Wildman–Crippen LogP) is 3.07. The molecule has 1 aromatic carbocycles. The Balaban J connectivity index is 1.96. The molecule has 1 amide bonds. The van der Waals surface area contributed by atoms with Gasteiger partial charge in [-0.25, -0.2) is 0 Å². The fourth-order valence-corrected chi connectivity index (χ4v) is 2.79. The number of hydrogen-bond acceptors (Lipinski definition) is 3. The van der Waals surface area contributed by atoms with Crippen molar-refractivity contribution in [3.63, 3.8) is 0 Å². The molecule has 23 heavy (non-hydrogen) atoms. The first-order chi connectivity index (χ1) is 10.9. The van der Waals surface area contributed by atoms with Crippen LogP contribution in [0.5, 0.6) is 5.75 Å². The van der Waals surface area contributed by atoms with E-state index < -0.39 is 0 Å². The van der Waals surface area contributed by atoms with Crippen LogP contribution in [0.15, 0.2) is 24.3 Å². The van der Waals surface area contributed by atoms with Crippen LogP contribution in [-0.2, 0) is 10.3 Å². The molecule has 1 saturated heterocycles. The SMILES string of the molecule is CC(C)COc1ccc(C(C)(C)NC(=O)C2CCCNC2)cc1. The Morgan fingerprint density at radius 1 is 1.35 bits per heavy atom. The minimum atomic E-state index is -0.384. The van der Waals surface area contributed by atoms with Gasteiger partial charge in [-0.3, -0.25) is 4.79 Å². The van der Waals surface area contributed by atoms with E-state index in [9.17, 15) is 4.79 Å². The summed E-state index contributed by atoms with van der Waals surface area (Å²) >= 11 is 0. The summed E-state index contributed by atoms with van der Waals surface area (Å²) in [7, 11) is 0. The van der Waals surface area contributed by atoms with E-state index in [1.165, 1.54) is 0 Å². The Morgan fingerprint density at radius 3 is 2.61 bits per heavy atom. The van der Waals surface area contributed by atoms with Crippen LogP contribution in [0.2, 0.25) is 0 Å². The molecule has 2 rings (SSSR count). The minimum Gasteiger partial charge on any atom is -0.493 e. The molecule has 2 N–H and O–H groups in total. The van der Waals surface area contributed by atoms with Gasteiger partial charge in [-0.15, -0.1) is 0 Å². The van der Waals surface area contributed by atoms with Gasteiger partial charge in [0.05, 0.1) is 18.1 Å². The zero-order chi connectivity index (χ0) is 16.9. The maximum absolute atomic E-state index is 12.5. The second-order valence-corrected chi connectivity index (χ2v) is 7.39.